The quantitative estimate of drug-likeness (QED) is 0.426. The standard InChI is InChI=1S/C26H23N3O5/c1-16-11-12-20-25(32)21(24(31)19-9-4-5-10-22(19)34-3)14-29(26(20)27-16)15-23(30)28-17-7-6-8-18(13-17)33-2/h4-14H,15H2,1-3H3,(H,28,30). The fourth-order valence-corrected chi connectivity index (χ4v) is 3.68. The average Bonchev–Trinajstić information content (AvgIpc) is 2.85. The van der Waals surface area contributed by atoms with Gasteiger partial charge in [0, 0.05) is 23.6 Å². The summed E-state index contributed by atoms with van der Waals surface area (Å²) in [6.07, 6.45) is 1.39. The van der Waals surface area contributed by atoms with Gasteiger partial charge >= 0.3 is 0 Å². The van der Waals surface area contributed by atoms with Crippen molar-refractivity contribution in [3.8, 4) is 11.5 Å². The number of aryl methyl sites for hydroxylation is 1. The SMILES string of the molecule is COc1cccc(NC(=O)Cn2cc(C(=O)c3ccccc3OC)c(=O)c3ccc(C)nc32)c1. The maximum absolute atomic E-state index is 13.3. The summed E-state index contributed by atoms with van der Waals surface area (Å²) >= 11 is 0. The second kappa shape index (κ2) is 9.58. The van der Waals surface area contributed by atoms with Crippen LogP contribution in [0.2, 0.25) is 0 Å². The van der Waals surface area contributed by atoms with E-state index in [-0.39, 0.29) is 29.0 Å². The number of nitrogens with one attached hydrogen (secondary N) is 1. The third-order valence-electron chi connectivity index (χ3n) is 5.32. The molecule has 2 aromatic carbocycles. The minimum Gasteiger partial charge on any atom is -0.497 e. The first-order valence-electron chi connectivity index (χ1n) is 10.5. The number of rotatable bonds is 7. The topological polar surface area (TPSA) is 99.5 Å². The Hall–Kier alpha value is -4.46. The Kier molecular flexibility index (Phi) is 6.40. The summed E-state index contributed by atoms with van der Waals surface area (Å²) in [4.78, 5) is 43.9. The summed E-state index contributed by atoms with van der Waals surface area (Å²) in [7, 11) is 3.00. The van der Waals surface area contributed by atoms with Crippen LogP contribution in [0.3, 0.4) is 0 Å². The minimum absolute atomic E-state index is 0.0724. The molecule has 0 radical (unpaired) electrons. The van der Waals surface area contributed by atoms with Gasteiger partial charge in [-0.15, -0.1) is 0 Å². The number of para-hydroxylation sites is 1. The van der Waals surface area contributed by atoms with Crippen LogP contribution in [0.25, 0.3) is 11.0 Å². The number of benzene rings is 2. The molecule has 0 saturated carbocycles. The number of hydrogen-bond acceptors (Lipinski definition) is 6. The molecule has 0 aliphatic rings. The first kappa shape index (κ1) is 22.7. The molecule has 0 saturated heterocycles. The number of fused-ring (bicyclic) bond motifs is 1. The second-order valence-electron chi connectivity index (χ2n) is 7.63. The maximum atomic E-state index is 13.3. The van der Waals surface area contributed by atoms with Crippen LogP contribution < -0.4 is 20.2 Å². The van der Waals surface area contributed by atoms with Gasteiger partial charge in [-0.3, -0.25) is 14.4 Å². The predicted molar refractivity (Wildman–Crippen MR) is 129 cm³/mol. The van der Waals surface area contributed by atoms with Gasteiger partial charge < -0.3 is 19.4 Å². The molecule has 0 unspecified atom stereocenters. The Balaban J connectivity index is 1.77. The third kappa shape index (κ3) is 4.52. The van der Waals surface area contributed by atoms with Crippen LogP contribution >= 0.6 is 0 Å². The maximum Gasteiger partial charge on any atom is 0.244 e. The van der Waals surface area contributed by atoms with Gasteiger partial charge in [-0.05, 0) is 43.3 Å². The molecule has 0 bridgehead atoms. The molecule has 8 heteroatoms. The molecule has 0 atom stereocenters. The van der Waals surface area contributed by atoms with Crippen molar-refractivity contribution in [1.29, 1.82) is 0 Å². The van der Waals surface area contributed by atoms with Gasteiger partial charge in [0.25, 0.3) is 0 Å². The van der Waals surface area contributed by atoms with E-state index in [0.717, 1.165) is 0 Å². The molecule has 2 heterocycles. The van der Waals surface area contributed by atoms with Crippen molar-refractivity contribution in [2.75, 3.05) is 19.5 Å². The fraction of sp³-hybridized carbons (Fsp3) is 0.154. The number of methoxy groups -OCH3 is 2. The van der Waals surface area contributed by atoms with E-state index in [4.69, 9.17) is 9.47 Å². The number of carbonyl (C=O) groups excluding carboxylic acids is 2. The first-order valence-corrected chi connectivity index (χ1v) is 10.5. The number of amides is 1. The van der Waals surface area contributed by atoms with Crippen LogP contribution in [0.1, 0.15) is 21.6 Å². The first-order chi connectivity index (χ1) is 16.4. The summed E-state index contributed by atoms with van der Waals surface area (Å²) in [5.74, 6) is 0.119. The van der Waals surface area contributed by atoms with Crippen LogP contribution in [-0.4, -0.2) is 35.5 Å². The van der Waals surface area contributed by atoms with Crippen molar-refractivity contribution in [1.82, 2.24) is 9.55 Å². The normalized spacial score (nSPS) is 10.7. The molecule has 2 aromatic heterocycles. The zero-order valence-electron chi connectivity index (χ0n) is 19.0. The van der Waals surface area contributed by atoms with Gasteiger partial charge in [0.1, 0.15) is 23.7 Å². The number of aromatic nitrogens is 2. The zero-order valence-corrected chi connectivity index (χ0v) is 19.0. The molecule has 172 valence electrons. The fourth-order valence-electron chi connectivity index (χ4n) is 3.68. The number of ether oxygens (including phenoxy) is 2. The van der Waals surface area contributed by atoms with E-state index in [2.05, 4.69) is 10.3 Å². The molecule has 0 aliphatic heterocycles. The van der Waals surface area contributed by atoms with Gasteiger partial charge in [-0.1, -0.05) is 18.2 Å². The predicted octanol–water partition coefficient (Wildman–Crippen LogP) is 3.59. The van der Waals surface area contributed by atoms with E-state index in [1.54, 1.807) is 74.7 Å². The lowest BCUT2D eigenvalue weighted by atomic mass is 10.0. The van der Waals surface area contributed by atoms with Gasteiger partial charge in [0.2, 0.25) is 17.1 Å². The van der Waals surface area contributed by atoms with E-state index in [9.17, 15) is 14.4 Å². The van der Waals surface area contributed by atoms with Gasteiger partial charge in [-0.2, -0.15) is 0 Å². The van der Waals surface area contributed by atoms with E-state index >= 15 is 0 Å². The lowest BCUT2D eigenvalue weighted by Gasteiger charge is -2.14. The average molecular weight is 457 g/mol. The second-order valence-corrected chi connectivity index (χ2v) is 7.63. The highest BCUT2D eigenvalue weighted by Gasteiger charge is 2.21. The van der Waals surface area contributed by atoms with E-state index in [1.807, 2.05) is 0 Å². The molecular formula is C26H23N3O5. The van der Waals surface area contributed by atoms with Crippen molar-refractivity contribution in [2.45, 2.75) is 13.5 Å². The van der Waals surface area contributed by atoms with Crippen molar-refractivity contribution in [2.24, 2.45) is 0 Å². The number of anilines is 1. The lowest BCUT2D eigenvalue weighted by Crippen LogP contribution is -2.25. The van der Waals surface area contributed by atoms with E-state index < -0.39 is 11.2 Å². The number of nitrogens with zero attached hydrogens (tertiary/aromatic N) is 2. The third-order valence-corrected chi connectivity index (χ3v) is 5.32. The van der Waals surface area contributed by atoms with Crippen LogP contribution in [0, 0.1) is 6.92 Å². The van der Waals surface area contributed by atoms with Crippen LogP contribution in [0.15, 0.2) is 71.7 Å². The van der Waals surface area contributed by atoms with E-state index in [0.29, 0.717) is 28.5 Å². The summed E-state index contributed by atoms with van der Waals surface area (Å²) in [6.45, 7) is 1.63. The van der Waals surface area contributed by atoms with Crippen molar-refractivity contribution < 1.29 is 19.1 Å². The number of ketones is 1. The molecule has 8 nitrogen and oxygen atoms in total. The van der Waals surface area contributed by atoms with Crippen molar-refractivity contribution >= 4 is 28.4 Å². The van der Waals surface area contributed by atoms with Crippen LogP contribution in [0.5, 0.6) is 11.5 Å². The molecule has 1 amide bonds. The molecule has 0 fully saturated rings. The molecule has 4 rings (SSSR count). The smallest absolute Gasteiger partial charge is 0.244 e. The van der Waals surface area contributed by atoms with Gasteiger partial charge in [0.15, 0.2) is 0 Å². The summed E-state index contributed by atoms with van der Waals surface area (Å²) < 4.78 is 12.0. The highest BCUT2D eigenvalue weighted by Crippen LogP contribution is 2.22. The molecule has 0 spiro atoms. The van der Waals surface area contributed by atoms with E-state index in [1.165, 1.54) is 17.9 Å². The molecule has 34 heavy (non-hydrogen) atoms. The molecule has 0 aliphatic carbocycles. The molecular weight excluding hydrogens is 434 g/mol. The summed E-state index contributed by atoms with van der Waals surface area (Å²) in [6, 6.07) is 17.0. The monoisotopic (exact) mass is 457 g/mol. The summed E-state index contributed by atoms with van der Waals surface area (Å²) in [5.41, 5.74) is 1.29. The zero-order chi connectivity index (χ0) is 24.2. The Morgan fingerprint density at radius 3 is 2.53 bits per heavy atom. The van der Waals surface area contributed by atoms with Crippen molar-refractivity contribution in [3.63, 3.8) is 0 Å². The Morgan fingerprint density at radius 1 is 0.971 bits per heavy atom. The number of carbonyl (C=O) groups is 2. The Labute approximate surface area is 195 Å². The molecule has 4 aromatic rings. The number of pyridine rings is 2. The molecule has 1 N–H and O–H groups in total. The summed E-state index contributed by atoms with van der Waals surface area (Å²) in [5, 5.41) is 3.06. The lowest BCUT2D eigenvalue weighted by molar-refractivity contribution is -0.116. The highest BCUT2D eigenvalue weighted by atomic mass is 16.5. The van der Waals surface area contributed by atoms with Crippen LogP contribution in [0.4, 0.5) is 5.69 Å². The minimum atomic E-state index is -0.494. The van der Waals surface area contributed by atoms with Gasteiger partial charge in [0.05, 0.1) is 30.7 Å². The Morgan fingerprint density at radius 2 is 1.76 bits per heavy atom. The Bertz CT molecular complexity index is 1460. The van der Waals surface area contributed by atoms with Gasteiger partial charge in [-0.25, -0.2) is 4.98 Å². The largest absolute Gasteiger partial charge is 0.497 e. The highest BCUT2D eigenvalue weighted by molar-refractivity contribution is 6.11. The van der Waals surface area contributed by atoms with Crippen LogP contribution in [-0.2, 0) is 11.3 Å². The van der Waals surface area contributed by atoms with Crippen molar-refractivity contribution in [3.05, 3.63) is 93.9 Å². The number of hydrogen-bond donors (Lipinski definition) is 1.